The van der Waals surface area contributed by atoms with Crippen molar-refractivity contribution in [2.75, 3.05) is 13.1 Å². The van der Waals surface area contributed by atoms with Crippen LogP contribution in [-0.4, -0.2) is 35.0 Å². The second-order valence-electron chi connectivity index (χ2n) is 6.62. The average Bonchev–Trinajstić information content (AvgIpc) is 2.82. The summed E-state index contributed by atoms with van der Waals surface area (Å²) in [4.78, 5) is 33.6. The topological polar surface area (TPSA) is 86.9 Å². The van der Waals surface area contributed by atoms with Gasteiger partial charge in [-0.25, -0.2) is 4.98 Å². The summed E-state index contributed by atoms with van der Waals surface area (Å²) < 4.78 is 0. The van der Waals surface area contributed by atoms with E-state index in [0.717, 1.165) is 34.8 Å². The van der Waals surface area contributed by atoms with Crippen molar-refractivity contribution in [2.45, 2.75) is 46.1 Å². The number of nitrogens with one attached hydrogen (secondary N) is 3. The molecule has 3 N–H and O–H groups in total. The summed E-state index contributed by atoms with van der Waals surface area (Å²) in [5.41, 5.74) is 0.884. The molecule has 1 aliphatic rings. The molecule has 130 valence electrons. The molecule has 6 nitrogen and oxygen atoms in total. The van der Waals surface area contributed by atoms with Gasteiger partial charge in [0.05, 0.1) is 5.39 Å². The zero-order valence-electron chi connectivity index (χ0n) is 14.4. The highest BCUT2D eigenvalue weighted by atomic mass is 32.1. The summed E-state index contributed by atoms with van der Waals surface area (Å²) >= 11 is 1.53. The van der Waals surface area contributed by atoms with Crippen LogP contribution in [0.5, 0.6) is 0 Å². The Morgan fingerprint density at radius 3 is 2.96 bits per heavy atom. The van der Waals surface area contributed by atoms with Gasteiger partial charge in [-0.1, -0.05) is 6.92 Å². The third-order valence-corrected chi connectivity index (χ3v) is 5.95. The van der Waals surface area contributed by atoms with E-state index in [1.807, 2.05) is 13.8 Å². The number of aromatic amines is 1. The lowest BCUT2D eigenvalue weighted by Gasteiger charge is -2.30. The Hall–Kier alpha value is -1.73. The van der Waals surface area contributed by atoms with Crippen LogP contribution in [0.1, 0.15) is 36.0 Å². The molecular weight excluding hydrogens is 324 g/mol. The molecule has 0 spiro atoms. The molecular formula is C17H24N4O2S. The third-order valence-electron chi connectivity index (χ3n) is 4.85. The second kappa shape index (κ2) is 7.03. The highest BCUT2D eigenvalue weighted by molar-refractivity contribution is 7.18. The molecule has 1 aliphatic heterocycles. The van der Waals surface area contributed by atoms with Gasteiger partial charge in [-0.3, -0.25) is 9.59 Å². The van der Waals surface area contributed by atoms with E-state index in [1.165, 1.54) is 11.3 Å². The van der Waals surface area contributed by atoms with Gasteiger partial charge in [0.25, 0.3) is 5.56 Å². The maximum atomic E-state index is 12.2. The molecule has 1 amide bonds. The van der Waals surface area contributed by atoms with E-state index in [-0.39, 0.29) is 17.5 Å². The molecule has 2 atom stereocenters. The predicted octanol–water partition coefficient (Wildman–Crippen LogP) is 1.65. The number of carbonyl (C=O) groups is 1. The van der Waals surface area contributed by atoms with Gasteiger partial charge >= 0.3 is 0 Å². The molecule has 3 heterocycles. The smallest absolute Gasteiger partial charge is 0.259 e. The first-order valence-corrected chi connectivity index (χ1v) is 9.26. The van der Waals surface area contributed by atoms with Gasteiger partial charge in [-0.05, 0) is 38.3 Å². The van der Waals surface area contributed by atoms with Gasteiger partial charge in [0, 0.05) is 30.3 Å². The monoisotopic (exact) mass is 348 g/mol. The number of thiophene rings is 1. The largest absolute Gasteiger partial charge is 0.352 e. The van der Waals surface area contributed by atoms with Gasteiger partial charge in [0.15, 0.2) is 0 Å². The number of nitrogens with zero attached hydrogens (tertiary/aromatic N) is 1. The fraction of sp³-hybridized carbons (Fsp3) is 0.588. The number of fused-ring (bicyclic) bond motifs is 1. The Bertz CT molecular complexity index is 811. The highest BCUT2D eigenvalue weighted by Gasteiger charge is 2.22. The van der Waals surface area contributed by atoms with Crippen molar-refractivity contribution in [3.05, 3.63) is 26.6 Å². The van der Waals surface area contributed by atoms with Crippen molar-refractivity contribution in [3.63, 3.8) is 0 Å². The van der Waals surface area contributed by atoms with Crippen LogP contribution in [0, 0.1) is 19.8 Å². The summed E-state index contributed by atoms with van der Waals surface area (Å²) in [6, 6.07) is 0.184. The molecule has 0 aliphatic carbocycles. The van der Waals surface area contributed by atoms with E-state index >= 15 is 0 Å². The number of aryl methyl sites for hydroxylation is 3. The van der Waals surface area contributed by atoms with Gasteiger partial charge in [0.2, 0.25) is 5.91 Å². The van der Waals surface area contributed by atoms with Crippen LogP contribution in [0.4, 0.5) is 0 Å². The summed E-state index contributed by atoms with van der Waals surface area (Å²) in [7, 11) is 0. The molecule has 24 heavy (non-hydrogen) atoms. The second-order valence-corrected chi connectivity index (χ2v) is 7.82. The van der Waals surface area contributed by atoms with Crippen LogP contribution in [-0.2, 0) is 11.2 Å². The maximum Gasteiger partial charge on any atom is 0.259 e. The van der Waals surface area contributed by atoms with Crippen LogP contribution >= 0.6 is 11.3 Å². The predicted molar refractivity (Wildman–Crippen MR) is 96.6 cm³/mol. The van der Waals surface area contributed by atoms with Crippen molar-refractivity contribution in [3.8, 4) is 0 Å². The van der Waals surface area contributed by atoms with E-state index < -0.39 is 0 Å². The lowest BCUT2D eigenvalue weighted by atomic mass is 9.94. The summed E-state index contributed by atoms with van der Waals surface area (Å²) in [5.74, 6) is 1.08. The Morgan fingerprint density at radius 1 is 1.42 bits per heavy atom. The van der Waals surface area contributed by atoms with Crippen LogP contribution in [0.15, 0.2) is 4.79 Å². The van der Waals surface area contributed by atoms with Crippen molar-refractivity contribution in [1.82, 2.24) is 20.6 Å². The zero-order chi connectivity index (χ0) is 17.3. The number of hydrogen-bond acceptors (Lipinski definition) is 5. The fourth-order valence-electron chi connectivity index (χ4n) is 3.11. The van der Waals surface area contributed by atoms with Crippen LogP contribution in [0.2, 0.25) is 0 Å². The first kappa shape index (κ1) is 17.1. The number of hydrogen-bond donors (Lipinski definition) is 3. The number of carbonyl (C=O) groups excluding carboxylic acids is 1. The molecule has 0 aromatic carbocycles. The van der Waals surface area contributed by atoms with Gasteiger partial charge in [0.1, 0.15) is 10.7 Å². The number of piperidine rings is 1. The Balaban J connectivity index is 1.65. The first-order chi connectivity index (χ1) is 11.5. The molecule has 2 aromatic heterocycles. The molecule has 0 saturated carbocycles. The Morgan fingerprint density at radius 2 is 2.21 bits per heavy atom. The van der Waals surface area contributed by atoms with Crippen molar-refractivity contribution >= 4 is 27.5 Å². The Kier molecular flexibility index (Phi) is 5.01. The van der Waals surface area contributed by atoms with E-state index in [1.54, 1.807) is 0 Å². The summed E-state index contributed by atoms with van der Waals surface area (Å²) in [6.45, 7) is 7.94. The third kappa shape index (κ3) is 3.52. The average molecular weight is 348 g/mol. The quantitative estimate of drug-likeness (QED) is 0.784. The number of rotatable bonds is 4. The van der Waals surface area contributed by atoms with Crippen LogP contribution in [0.25, 0.3) is 10.2 Å². The molecule has 7 heteroatoms. The van der Waals surface area contributed by atoms with E-state index in [2.05, 4.69) is 27.5 Å². The number of amides is 1. The minimum atomic E-state index is -0.109. The maximum absolute atomic E-state index is 12.2. The van der Waals surface area contributed by atoms with Gasteiger partial charge in [-0.2, -0.15) is 0 Å². The highest BCUT2D eigenvalue weighted by Crippen LogP contribution is 2.25. The summed E-state index contributed by atoms with van der Waals surface area (Å²) in [6.07, 6.45) is 1.86. The lowest BCUT2D eigenvalue weighted by Crippen LogP contribution is -2.50. The molecule has 1 saturated heterocycles. The van der Waals surface area contributed by atoms with E-state index in [9.17, 15) is 9.59 Å². The van der Waals surface area contributed by atoms with Crippen molar-refractivity contribution in [2.24, 2.45) is 5.92 Å². The number of H-pyrrole nitrogens is 1. The van der Waals surface area contributed by atoms with Gasteiger partial charge in [-0.15, -0.1) is 11.3 Å². The van der Waals surface area contributed by atoms with E-state index in [4.69, 9.17) is 0 Å². The number of aromatic nitrogens is 2. The van der Waals surface area contributed by atoms with Crippen molar-refractivity contribution < 1.29 is 4.79 Å². The van der Waals surface area contributed by atoms with E-state index in [0.29, 0.717) is 30.0 Å². The molecule has 1 fully saturated rings. The molecule has 2 unspecified atom stereocenters. The normalized spacial score (nSPS) is 21.1. The molecule has 3 rings (SSSR count). The zero-order valence-corrected chi connectivity index (χ0v) is 15.2. The molecule has 0 bridgehead atoms. The first-order valence-electron chi connectivity index (χ1n) is 8.44. The Labute approximate surface area is 145 Å². The van der Waals surface area contributed by atoms with Crippen molar-refractivity contribution in [1.29, 1.82) is 0 Å². The standard InChI is InChI=1S/C17H24N4O2S/c1-9-6-7-18-8-12(9)19-14(22)5-4-13-20-16(23)15-10(2)11(3)24-17(15)21-13/h9,12,18H,4-8H2,1-3H3,(H,19,22)(H,20,21,23). The fourth-order valence-corrected chi connectivity index (χ4v) is 4.16. The van der Waals surface area contributed by atoms with Crippen LogP contribution < -0.4 is 16.2 Å². The minimum Gasteiger partial charge on any atom is -0.352 e. The lowest BCUT2D eigenvalue weighted by molar-refractivity contribution is -0.122. The van der Waals surface area contributed by atoms with Gasteiger partial charge < -0.3 is 15.6 Å². The molecule has 0 radical (unpaired) electrons. The molecule has 2 aromatic rings. The SMILES string of the molecule is Cc1sc2nc(CCC(=O)NC3CNCCC3C)[nH]c(=O)c2c1C. The van der Waals surface area contributed by atoms with Crippen LogP contribution in [0.3, 0.4) is 0 Å². The summed E-state index contributed by atoms with van der Waals surface area (Å²) in [5, 5.41) is 7.07. The minimum absolute atomic E-state index is 0.0110.